The zero-order valence-corrected chi connectivity index (χ0v) is 10.7. The maximum atomic E-state index is 3.94. The third kappa shape index (κ3) is 3.28. The Morgan fingerprint density at radius 1 is 1.29 bits per heavy atom. The number of hydrogen-bond acceptors (Lipinski definition) is 5. The van der Waals surface area contributed by atoms with Gasteiger partial charge in [-0.05, 0) is 46.4 Å². The Morgan fingerprint density at radius 2 is 2.06 bits per heavy atom. The van der Waals surface area contributed by atoms with E-state index in [1.165, 1.54) is 5.56 Å². The summed E-state index contributed by atoms with van der Waals surface area (Å²) in [4.78, 5) is 1.14. The lowest BCUT2D eigenvalue weighted by Crippen LogP contribution is -2.11. The van der Waals surface area contributed by atoms with E-state index in [-0.39, 0.29) is 0 Å². The van der Waals surface area contributed by atoms with E-state index in [1.54, 1.807) is 16.4 Å². The van der Waals surface area contributed by atoms with Crippen molar-refractivity contribution in [1.82, 2.24) is 25.5 Å². The minimum atomic E-state index is 0.796. The van der Waals surface area contributed by atoms with Gasteiger partial charge in [-0.2, -0.15) is 0 Å². The molecule has 6 heteroatoms. The van der Waals surface area contributed by atoms with Crippen molar-refractivity contribution in [3.8, 4) is 0 Å². The Morgan fingerprint density at radius 3 is 2.65 bits per heavy atom. The van der Waals surface area contributed by atoms with Gasteiger partial charge in [-0.1, -0.05) is 19.1 Å². The number of tetrazole rings is 1. The number of nitrogens with zero attached hydrogens (tertiary/aromatic N) is 4. The van der Waals surface area contributed by atoms with Crippen LogP contribution in [0.4, 0.5) is 0 Å². The fraction of sp³-hybridized carbons (Fsp3) is 0.364. The minimum absolute atomic E-state index is 0.796. The van der Waals surface area contributed by atoms with Crippen molar-refractivity contribution < 1.29 is 0 Å². The fourth-order valence-electron chi connectivity index (χ4n) is 1.36. The molecule has 0 amide bonds. The van der Waals surface area contributed by atoms with Crippen LogP contribution < -0.4 is 5.32 Å². The molecule has 90 valence electrons. The average molecular weight is 249 g/mol. The SMILES string of the molecule is CCNCc1ccc(Sc2nnnn2C)cc1. The molecule has 1 aromatic heterocycles. The second-order valence-electron chi connectivity index (χ2n) is 3.61. The highest BCUT2D eigenvalue weighted by Crippen LogP contribution is 2.24. The molecule has 5 nitrogen and oxygen atoms in total. The number of benzene rings is 1. The van der Waals surface area contributed by atoms with Gasteiger partial charge >= 0.3 is 0 Å². The summed E-state index contributed by atoms with van der Waals surface area (Å²) >= 11 is 1.56. The zero-order valence-electron chi connectivity index (χ0n) is 9.92. The third-order valence-corrected chi connectivity index (χ3v) is 3.33. The molecule has 0 saturated heterocycles. The predicted molar refractivity (Wildman–Crippen MR) is 66.7 cm³/mol. The van der Waals surface area contributed by atoms with Crippen LogP contribution in [0.1, 0.15) is 12.5 Å². The van der Waals surface area contributed by atoms with E-state index in [2.05, 4.69) is 52.0 Å². The second kappa shape index (κ2) is 5.79. The molecule has 1 heterocycles. The highest BCUT2D eigenvalue weighted by Gasteiger charge is 2.04. The van der Waals surface area contributed by atoms with Crippen molar-refractivity contribution in [1.29, 1.82) is 0 Å². The summed E-state index contributed by atoms with van der Waals surface area (Å²) in [5, 5.41) is 15.4. The molecule has 0 aliphatic heterocycles. The Bertz CT molecular complexity index is 465. The Hall–Kier alpha value is -1.40. The lowest BCUT2D eigenvalue weighted by atomic mass is 10.2. The maximum Gasteiger partial charge on any atom is 0.213 e. The molecule has 0 fully saturated rings. The van der Waals surface area contributed by atoms with E-state index in [0.29, 0.717) is 0 Å². The lowest BCUT2D eigenvalue weighted by molar-refractivity contribution is 0.664. The molecule has 0 radical (unpaired) electrons. The van der Waals surface area contributed by atoms with Crippen LogP contribution in [0, 0.1) is 0 Å². The van der Waals surface area contributed by atoms with Crippen molar-refractivity contribution in [3.05, 3.63) is 29.8 Å². The zero-order chi connectivity index (χ0) is 12.1. The lowest BCUT2D eigenvalue weighted by Gasteiger charge is -2.03. The monoisotopic (exact) mass is 249 g/mol. The van der Waals surface area contributed by atoms with Crippen LogP contribution in [0.3, 0.4) is 0 Å². The van der Waals surface area contributed by atoms with Gasteiger partial charge in [0.2, 0.25) is 5.16 Å². The molecule has 2 aromatic rings. The maximum absolute atomic E-state index is 3.94. The minimum Gasteiger partial charge on any atom is -0.313 e. The first-order chi connectivity index (χ1) is 8.29. The summed E-state index contributed by atoms with van der Waals surface area (Å²) in [7, 11) is 1.84. The molecule has 0 spiro atoms. The molecule has 0 aliphatic rings. The molecule has 2 rings (SSSR count). The molecular weight excluding hydrogens is 234 g/mol. The van der Waals surface area contributed by atoms with E-state index >= 15 is 0 Å². The van der Waals surface area contributed by atoms with Crippen LogP contribution in [-0.4, -0.2) is 26.8 Å². The molecule has 0 bridgehead atoms. The van der Waals surface area contributed by atoms with Crippen molar-refractivity contribution in [2.24, 2.45) is 7.05 Å². The van der Waals surface area contributed by atoms with Crippen LogP contribution in [0.5, 0.6) is 0 Å². The first kappa shape index (κ1) is 12.1. The average Bonchev–Trinajstić information content (AvgIpc) is 2.74. The molecule has 1 aromatic carbocycles. The number of nitrogens with one attached hydrogen (secondary N) is 1. The molecule has 17 heavy (non-hydrogen) atoms. The van der Waals surface area contributed by atoms with Gasteiger partial charge < -0.3 is 5.32 Å². The van der Waals surface area contributed by atoms with E-state index < -0.39 is 0 Å². The summed E-state index contributed by atoms with van der Waals surface area (Å²) in [6.07, 6.45) is 0. The molecule has 0 saturated carbocycles. The van der Waals surface area contributed by atoms with Crippen LogP contribution in [0.15, 0.2) is 34.3 Å². The topological polar surface area (TPSA) is 55.6 Å². The fourth-order valence-corrected chi connectivity index (χ4v) is 2.09. The molecule has 1 N–H and O–H groups in total. The molecule has 0 aliphatic carbocycles. The van der Waals surface area contributed by atoms with Crippen molar-refractivity contribution >= 4 is 11.8 Å². The predicted octanol–water partition coefficient (Wildman–Crippen LogP) is 1.47. The highest BCUT2D eigenvalue weighted by atomic mass is 32.2. The summed E-state index contributed by atoms with van der Waals surface area (Å²) in [5.74, 6) is 0. The first-order valence-electron chi connectivity index (χ1n) is 5.49. The van der Waals surface area contributed by atoms with Gasteiger partial charge in [-0.3, -0.25) is 0 Å². The number of aromatic nitrogens is 4. The molecular formula is C11H15N5S. The van der Waals surface area contributed by atoms with Gasteiger partial charge in [0.25, 0.3) is 0 Å². The Labute approximate surface area is 105 Å². The van der Waals surface area contributed by atoms with Crippen LogP contribution in [-0.2, 0) is 13.6 Å². The van der Waals surface area contributed by atoms with Gasteiger partial charge in [-0.15, -0.1) is 5.10 Å². The van der Waals surface area contributed by atoms with Crippen molar-refractivity contribution in [2.45, 2.75) is 23.5 Å². The molecule has 0 unspecified atom stereocenters. The Kier molecular flexibility index (Phi) is 4.11. The second-order valence-corrected chi connectivity index (χ2v) is 4.65. The van der Waals surface area contributed by atoms with Gasteiger partial charge in [0.1, 0.15) is 0 Å². The van der Waals surface area contributed by atoms with Gasteiger partial charge in [0.15, 0.2) is 0 Å². The van der Waals surface area contributed by atoms with Crippen molar-refractivity contribution in [3.63, 3.8) is 0 Å². The summed E-state index contributed by atoms with van der Waals surface area (Å²) in [5.41, 5.74) is 1.28. The normalized spacial score (nSPS) is 10.7. The summed E-state index contributed by atoms with van der Waals surface area (Å²) in [6, 6.07) is 8.42. The smallest absolute Gasteiger partial charge is 0.213 e. The van der Waals surface area contributed by atoms with E-state index in [0.717, 1.165) is 23.1 Å². The van der Waals surface area contributed by atoms with Gasteiger partial charge in [0, 0.05) is 18.5 Å². The standard InChI is InChI=1S/C11H15N5S/c1-3-12-8-9-4-6-10(7-5-9)17-11-13-14-15-16(11)2/h4-7,12H,3,8H2,1-2H3. The first-order valence-corrected chi connectivity index (χ1v) is 6.31. The number of aryl methyl sites for hydroxylation is 1. The van der Waals surface area contributed by atoms with E-state index in [1.807, 2.05) is 7.05 Å². The van der Waals surface area contributed by atoms with E-state index in [4.69, 9.17) is 0 Å². The van der Waals surface area contributed by atoms with Crippen LogP contribution >= 0.6 is 11.8 Å². The van der Waals surface area contributed by atoms with Gasteiger partial charge in [0.05, 0.1) is 0 Å². The number of rotatable bonds is 5. The summed E-state index contributed by atoms with van der Waals surface area (Å²) < 4.78 is 1.66. The van der Waals surface area contributed by atoms with E-state index in [9.17, 15) is 0 Å². The number of hydrogen-bond donors (Lipinski definition) is 1. The molecule has 0 atom stereocenters. The van der Waals surface area contributed by atoms with Crippen LogP contribution in [0.25, 0.3) is 0 Å². The van der Waals surface area contributed by atoms with Gasteiger partial charge in [-0.25, -0.2) is 4.68 Å². The quantitative estimate of drug-likeness (QED) is 0.869. The summed E-state index contributed by atoms with van der Waals surface area (Å²) in [6.45, 7) is 4.00. The highest BCUT2D eigenvalue weighted by molar-refractivity contribution is 7.99. The van der Waals surface area contributed by atoms with Crippen LogP contribution in [0.2, 0.25) is 0 Å². The Balaban J connectivity index is 2.01. The third-order valence-electron chi connectivity index (χ3n) is 2.29. The largest absolute Gasteiger partial charge is 0.313 e. The van der Waals surface area contributed by atoms with Crippen molar-refractivity contribution in [2.75, 3.05) is 6.54 Å².